The van der Waals surface area contributed by atoms with Crippen LogP contribution in [0.5, 0.6) is 0 Å². The normalized spacial score (nSPS) is 16.4. The third-order valence-corrected chi connectivity index (χ3v) is 10.6. The molecule has 8 heteroatoms. The summed E-state index contributed by atoms with van der Waals surface area (Å²) < 4.78 is 26.3. The molecule has 2 aromatic heterocycles. The van der Waals surface area contributed by atoms with Gasteiger partial charge in [0.2, 0.25) is 0 Å². The number of thiophene rings is 1. The number of rotatable bonds is 7. The molecular weight excluding hydrogens is 582 g/mol. The zero-order chi connectivity index (χ0) is 29.3. The van der Waals surface area contributed by atoms with Crippen LogP contribution >= 0.6 is 22.9 Å². The smallest absolute Gasteiger partial charge is 0.175 e. The molecule has 216 valence electrons. The van der Waals surface area contributed by atoms with E-state index in [4.69, 9.17) is 16.7 Å². The molecule has 6 rings (SSSR count). The molecule has 0 saturated carbocycles. The lowest BCUT2D eigenvalue weighted by molar-refractivity contribution is 0.189. The summed E-state index contributed by atoms with van der Waals surface area (Å²) in [6.07, 6.45) is 6.04. The standard InChI is InChI=1S/C34H34ClN3O2S2/c1-24-11-5-6-14-28(24)30-16-4-3-9-20-37(30)23-26-22-32(38(36-26)31-17-8-7-15-29(31)35)34-19-18-33(41-34)25-12-10-13-27(21-25)42(2,39)40/h5-8,10-15,17-19,21-22,30H,3-4,9,16,20,23H2,1-2H3. The third-order valence-electron chi connectivity index (χ3n) is 8.02. The largest absolute Gasteiger partial charge is 0.290 e. The highest BCUT2D eigenvalue weighted by Gasteiger charge is 2.26. The molecule has 0 spiro atoms. The number of aromatic nitrogens is 2. The minimum atomic E-state index is -3.30. The zero-order valence-corrected chi connectivity index (χ0v) is 26.2. The van der Waals surface area contributed by atoms with Gasteiger partial charge in [0.1, 0.15) is 0 Å². The van der Waals surface area contributed by atoms with E-state index in [0.717, 1.165) is 51.9 Å². The summed E-state index contributed by atoms with van der Waals surface area (Å²) in [7, 11) is -3.30. The molecule has 3 aromatic carbocycles. The van der Waals surface area contributed by atoms with Crippen molar-refractivity contribution in [3.63, 3.8) is 0 Å². The highest BCUT2D eigenvalue weighted by molar-refractivity contribution is 7.90. The Bertz CT molecular complexity index is 1830. The maximum absolute atomic E-state index is 12.2. The molecule has 1 aliphatic heterocycles. The van der Waals surface area contributed by atoms with Gasteiger partial charge in [0, 0.05) is 23.7 Å². The van der Waals surface area contributed by atoms with Crippen molar-refractivity contribution < 1.29 is 8.42 Å². The summed E-state index contributed by atoms with van der Waals surface area (Å²) in [5, 5.41) is 5.78. The quantitative estimate of drug-likeness (QED) is 0.184. The maximum Gasteiger partial charge on any atom is 0.175 e. The predicted molar refractivity (Wildman–Crippen MR) is 173 cm³/mol. The number of hydrogen-bond acceptors (Lipinski definition) is 5. The zero-order valence-electron chi connectivity index (χ0n) is 23.8. The minimum Gasteiger partial charge on any atom is -0.290 e. The molecule has 5 nitrogen and oxygen atoms in total. The number of aryl methyl sites for hydroxylation is 1. The lowest BCUT2D eigenvalue weighted by Gasteiger charge is -2.30. The topological polar surface area (TPSA) is 55.2 Å². The van der Waals surface area contributed by atoms with Gasteiger partial charge < -0.3 is 0 Å². The van der Waals surface area contributed by atoms with Gasteiger partial charge in [-0.15, -0.1) is 11.3 Å². The molecule has 1 unspecified atom stereocenters. The number of likely N-dealkylation sites (tertiary alicyclic amines) is 1. The van der Waals surface area contributed by atoms with Crippen LogP contribution in [0.25, 0.3) is 26.7 Å². The second-order valence-electron chi connectivity index (χ2n) is 11.0. The molecule has 3 heterocycles. The van der Waals surface area contributed by atoms with Gasteiger partial charge >= 0.3 is 0 Å². The number of nitrogens with zero attached hydrogens (tertiary/aromatic N) is 3. The van der Waals surface area contributed by atoms with Crippen LogP contribution in [0.2, 0.25) is 5.02 Å². The molecule has 0 radical (unpaired) electrons. The molecular formula is C34H34ClN3O2S2. The Hall–Kier alpha value is -3.23. The van der Waals surface area contributed by atoms with Crippen LogP contribution in [-0.4, -0.2) is 35.9 Å². The van der Waals surface area contributed by atoms with Gasteiger partial charge in [-0.1, -0.05) is 73.0 Å². The minimum absolute atomic E-state index is 0.319. The number of benzene rings is 3. The van der Waals surface area contributed by atoms with Crippen molar-refractivity contribution in [3.05, 3.63) is 113 Å². The fourth-order valence-corrected chi connectivity index (χ4v) is 7.77. The Morgan fingerprint density at radius 2 is 1.69 bits per heavy atom. The van der Waals surface area contributed by atoms with E-state index in [1.807, 2.05) is 41.1 Å². The lowest BCUT2D eigenvalue weighted by atomic mass is 9.96. The van der Waals surface area contributed by atoms with Gasteiger partial charge in [-0.2, -0.15) is 5.10 Å². The van der Waals surface area contributed by atoms with Gasteiger partial charge in [0.05, 0.1) is 31.9 Å². The van der Waals surface area contributed by atoms with Gasteiger partial charge in [0.25, 0.3) is 0 Å². The lowest BCUT2D eigenvalue weighted by Crippen LogP contribution is -2.29. The Morgan fingerprint density at radius 3 is 2.50 bits per heavy atom. The Balaban J connectivity index is 1.39. The average Bonchev–Trinajstić information content (AvgIpc) is 3.56. The van der Waals surface area contributed by atoms with Crippen LogP contribution in [-0.2, 0) is 16.4 Å². The van der Waals surface area contributed by atoms with Crippen molar-refractivity contribution >= 4 is 32.8 Å². The Labute approximate surface area is 257 Å². The number of hydrogen-bond donors (Lipinski definition) is 0. The van der Waals surface area contributed by atoms with Crippen LogP contribution < -0.4 is 0 Å². The first-order chi connectivity index (χ1) is 20.3. The van der Waals surface area contributed by atoms with E-state index in [1.54, 1.807) is 29.5 Å². The van der Waals surface area contributed by atoms with Gasteiger partial charge in [-0.25, -0.2) is 13.1 Å². The predicted octanol–water partition coefficient (Wildman–Crippen LogP) is 8.75. The van der Waals surface area contributed by atoms with E-state index in [-0.39, 0.29) is 0 Å². The summed E-state index contributed by atoms with van der Waals surface area (Å²) in [4.78, 5) is 4.95. The van der Waals surface area contributed by atoms with Crippen molar-refractivity contribution in [3.8, 4) is 26.7 Å². The second-order valence-corrected chi connectivity index (χ2v) is 14.5. The van der Waals surface area contributed by atoms with E-state index in [2.05, 4.69) is 48.2 Å². The summed E-state index contributed by atoms with van der Waals surface area (Å²) in [5.41, 5.74) is 6.42. The average molecular weight is 616 g/mol. The number of para-hydroxylation sites is 1. The van der Waals surface area contributed by atoms with Crippen LogP contribution in [0.3, 0.4) is 0 Å². The van der Waals surface area contributed by atoms with Gasteiger partial charge in [-0.05, 0) is 85.5 Å². The van der Waals surface area contributed by atoms with E-state index in [9.17, 15) is 8.42 Å². The molecule has 1 fully saturated rings. The first-order valence-electron chi connectivity index (χ1n) is 14.3. The summed E-state index contributed by atoms with van der Waals surface area (Å²) >= 11 is 8.32. The van der Waals surface area contributed by atoms with E-state index < -0.39 is 9.84 Å². The monoisotopic (exact) mass is 615 g/mol. The number of halogens is 1. The Kier molecular flexibility index (Phi) is 8.37. The van der Waals surface area contributed by atoms with Crippen molar-refractivity contribution in [2.75, 3.05) is 12.8 Å². The fourth-order valence-electron chi connectivity index (χ4n) is 5.88. The molecule has 42 heavy (non-hydrogen) atoms. The second kappa shape index (κ2) is 12.2. The highest BCUT2D eigenvalue weighted by Crippen LogP contribution is 2.38. The fraction of sp³-hybridized carbons (Fsp3) is 0.265. The molecule has 1 aliphatic rings. The van der Waals surface area contributed by atoms with Crippen molar-refractivity contribution in [2.45, 2.75) is 50.1 Å². The Morgan fingerprint density at radius 1 is 0.905 bits per heavy atom. The van der Waals surface area contributed by atoms with Crippen molar-refractivity contribution in [1.29, 1.82) is 0 Å². The van der Waals surface area contributed by atoms with Crippen LogP contribution in [0.1, 0.15) is 48.5 Å². The highest BCUT2D eigenvalue weighted by atomic mass is 35.5. The SMILES string of the molecule is Cc1ccccc1C1CCCCCN1Cc1cc(-c2ccc(-c3cccc(S(C)(=O)=O)c3)s2)n(-c2ccccc2Cl)n1. The van der Waals surface area contributed by atoms with E-state index in [1.165, 1.54) is 36.6 Å². The molecule has 0 aliphatic carbocycles. The third kappa shape index (κ3) is 6.11. The molecule has 0 bridgehead atoms. The summed E-state index contributed by atoms with van der Waals surface area (Å²) in [6, 6.07) is 30.4. The number of sulfone groups is 1. The molecule has 0 amide bonds. The van der Waals surface area contributed by atoms with Crippen LogP contribution in [0.4, 0.5) is 0 Å². The first kappa shape index (κ1) is 28.9. The van der Waals surface area contributed by atoms with Crippen molar-refractivity contribution in [2.24, 2.45) is 0 Å². The molecule has 5 aromatic rings. The van der Waals surface area contributed by atoms with Gasteiger partial charge in [0.15, 0.2) is 9.84 Å². The summed E-state index contributed by atoms with van der Waals surface area (Å²) in [5.74, 6) is 0. The maximum atomic E-state index is 12.2. The first-order valence-corrected chi connectivity index (χ1v) is 17.4. The van der Waals surface area contributed by atoms with Crippen LogP contribution in [0.15, 0.2) is 95.9 Å². The summed E-state index contributed by atoms with van der Waals surface area (Å²) in [6.45, 7) is 3.99. The van der Waals surface area contributed by atoms with Crippen LogP contribution in [0, 0.1) is 6.92 Å². The van der Waals surface area contributed by atoms with Crippen molar-refractivity contribution in [1.82, 2.24) is 14.7 Å². The van der Waals surface area contributed by atoms with E-state index in [0.29, 0.717) is 16.0 Å². The molecule has 0 N–H and O–H groups in total. The van der Waals surface area contributed by atoms with E-state index >= 15 is 0 Å². The van der Waals surface area contributed by atoms with Gasteiger partial charge in [-0.3, -0.25) is 4.90 Å². The molecule has 1 atom stereocenters. The molecule has 1 saturated heterocycles.